The summed E-state index contributed by atoms with van der Waals surface area (Å²) in [7, 11) is 1.51. The van der Waals surface area contributed by atoms with Gasteiger partial charge in [-0.15, -0.1) is 0 Å². The average molecular weight is 312 g/mol. The first-order chi connectivity index (χ1) is 9.76. The minimum absolute atomic E-state index is 0.0958. The zero-order valence-electron chi connectivity index (χ0n) is 12.6. The summed E-state index contributed by atoms with van der Waals surface area (Å²) in [5.41, 5.74) is 12.6. The van der Waals surface area contributed by atoms with Crippen LogP contribution in [0.1, 0.15) is 30.6 Å². The van der Waals surface area contributed by atoms with E-state index in [9.17, 15) is 4.79 Å². The third-order valence-corrected chi connectivity index (χ3v) is 4.48. The highest BCUT2D eigenvalue weighted by molar-refractivity contribution is 6.33. The summed E-state index contributed by atoms with van der Waals surface area (Å²) in [5.74, 6) is 0.336. The minimum atomic E-state index is -0.112. The molecule has 1 amide bonds. The lowest BCUT2D eigenvalue weighted by molar-refractivity contribution is 0.0530. The number of methoxy groups -OCH3 is 1. The molecule has 1 atom stereocenters. The molecule has 1 heterocycles. The largest absolute Gasteiger partial charge is 0.496 e. The summed E-state index contributed by atoms with van der Waals surface area (Å²) < 4.78 is 5.26. The molecule has 1 aliphatic rings. The van der Waals surface area contributed by atoms with Crippen LogP contribution < -0.4 is 16.2 Å². The molecule has 1 aromatic carbocycles. The van der Waals surface area contributed by atoms with Crippen LogP contribution in [0.3, 0.4) is 0 Å². The van der Waals surface area contributed by atoms with Crippen LogP contribution in [0.15, 0.2) is 12.1 Å². The summed E-state index contributed by atoms with van der Waals surface area (Å²) in [4.78, 5) is 14.5. The second kappa shape index (κ2) is 5.73. The molecule has 1 saturated heterocycles. The normalized spacial score (nSPS) is 21.2. The Hall–Kier alpha value is -1.46. The summed E-state index contributed by atoms with van der Waals surface area (Å²) >= 11 is 6.03. The quantitative estimate of drug-likeness (QED) is 0.820. The van der Waals surface area contributed by atoms with Crippen molar-refractivity contribution in [2.24, 2.45) is 11.1 Å². The third kappa shape index (κ3) is 3.09. The van der Waals surface area contributed by atoms with Gasteiger partial charge in [0.25, 0.3) is 5.91 Å². The standard InChI is InChI=1S/C15H22ClN3O2/c1-15(2)8-19(5-4-13(15)18)14(20)9-6-10(16)11(17)7-12(9)21-3/h6-7,13H,4-5,8,17-18H2,1-3H3. The number of nitrogen functional groups attached to an aromatic ring is 1. The van der Waals surface area contributed by atoms with Crippen molar-refractivity contribution in [2.75, 3.05) is 25.9 Å². The Morgan fingerprint density at radius 3 is 2.71 bits per heavy atom. The van der Waals surface area contributed by atoms with E-state index in [1.807, 2.05) is 0 Å². The van der Waals surface area contributed by atoms with Crippen LogP contribution in [0, 0.1) is 5.41 Å². The van der Waals surface area contributed by atoms with Crippen LogP contribution in [0.2, 0.25) is 5.02 Å². The lowest BCUT2D eigenvalue weighted by Gasteiger charge is -2.42. The number of likely N-dealkylation sites (tertiary alicyclic amines) is 1. The van der Waals surface area contributed by atoms with E-state index in [1.54, 1.807) is 17.0 Å². The van der Waals surface area contributed by atoms with Gasteiger partial charge in [0.05, 0.1) is 23.4 Å². The molecular weight excluding hydrogens is 290 g/mol. The topological polar surface area (TPSA) is 81.6 Å². The van der Waals surface area contributed by atoms with Gasteiger partial charge in [0.15, 0.2) is 0 Å². The van der Waals surface area contributed by atoms with Gasteiger partial charge in [0.1, 0.15) is 5.75 Å². The van der Waals surface area contributed by atoms with Crippen LogP contribution in [0.4, 0.5) is 5.69 Å². The smallest absolute Gasteiger partial charge is 0.257 e. The van der Waals surface area contributed by atoms with E-state index >= 15 is 0 Å². The van der Waals surface area contributed by atoms with Crippen LogP contribution in [-0.2, 0) is 0 Å². The molecule has 1 fully saturated rings. The number of amides is 1. The fraction of sp³-hybridized carbons (Fsp3) is 0.533. The molecule has 1 unspecified atom stereocenters. The summed E-state index contributed by atoms with van der Waals surface area (Å²) in [6.07, 6.45) is 0.782. The molecule has 0 bridgehead atoms. The Kier molecular flexibility index (Phi) is 4.35. The van der Waals surface area contributed by atoms with Gasteiger partial charge in [-0.05, 0) is 17.9 Å². The maximum absolute atomic E-state index is 12.7. The van der Waals surface area contributed by atoms with Crippen LogP contribution in [0.25, 0.3) is 0 Å². The van der Waals surface area contributed by atoms with E-state index in [0.29, 0.717) is 35.1 Å². The number of nitrogens with two attached hydrogens (primary N) is 2. The highest BCUT2D eigenvalue weighted by Gasteiger charge is 2.36. The number of carbonyl (C=O) groups is 1. The summed E-state index contributed by atoms with van der Waals surface area (Å²) in [5, 5.41) is 0.354. The third-order valence-electron chi connectivity index (χ3n) is 4.15. The first-order valence-corrected chi connectivity index (χ1v) is 7.32. The van der Waals surface area contributed by atoms with Crippen LogP contribution in [0.5, 0.6) is 5.75 Å². The predicted molar refractivity (Wildman–Crippen MR) is 84.7 cm³/mol. The second-order valence-electron chi connectivity index (χ2n) is 6.18. The number of hydrogen-bond acceptors (Lipinski definition) is 4. The van der Waals surface area contributed by atoms with Crippen molar-refractivity contribution in [1.29, 1.82) is 0 Å². The maximum atomic E-state index is 12.7. The van der Waals surface area contributed by atoms with Crippen molar-refractivity contribution >= 4 is 23.2 Å². The Labute approximate surface area is 130 Å². The average Bonchev–Trinajstić information content (AvgIpc) is 2.43. The molecule has 6 heteroatoms. The van der Waals surface area contributed by atoms with Gasteiger partial charge in [-0.2, -0.15) is 0 Å². The summed E-state index contributed by atoms with van der Waals surface area (Å²) in [6.45, 7) is 5.39. The number of piperidine rings is 1. The van der Waals surface area contributed by atoms with Crippen molar-refractivity contribution in [3.63, 3.8) is 0 Å². The molecule has 0 radical (unpaired) electrons. The number of halogens is 1. The zero-order chi connectivity index (χ0) is 15.8. The van der Waals surface area contributed by atoms with Gasteiger partial charge in [-0.1, -0.05) is 25.4 Å². The highest BCUT2D eigenvalue weighted by atomic mass is 35.5. The van der Waals surface area contributed by atoms with Crippen molar-refractivity contribution in [1.82, 2.24) is 4.90 Å². The van der Waals surface area contributed by atoms with Crippen molar-refractivity contribution in [3.05, 3.63) is 22.7 Å². The Bertz CT molecular complexity index is 560. The molecule has 0 spiro atoms. The number of carbonyl (C=O) groups excluding carboxylic acids is 1. The monoisotopic (exact) mass is 311 g/mol. The highest BCUT2D eigenvalue weighted by Crippen LogP contribution is 2.33. The first kappa shape index (κ1) is 15.9. The lowest BCUT2D eigenvalue weighted by atomic mass is 9.79. The van der Waals surface area contributed by atoms with E-state index in [0.717, 1.165) is 6.42 Å². The van der Waals surface area contributed by atoms with Gasteiger partial charge in [0.2, 0.25) is 0 Å². The molecule has 116 valence electrons. The van der Waals surface area contributed by atoms with Gasteiger partial charge in [-0.3, -0.25) is 4.79 Å². The molecular formula is C15H22ClN3O2. The molecule has 4 N–H and O–H groups in total. The predicted octanol–water partition coefficient (Wildman–Crippen LogP) is 2.13. The van der Waals surface area contributed by atoms with E-state index in [-0.39, 0.29) is 17.4 Å². The van der Waals surface area contributed by atoms with E-state index in [1.165, 1.54) is 7.11 Å². The van der Waals surface area contributed by atoms with E-state index in [2.05, 4.69) is 13.8 Å². The molecule has 2 rings (SSSR count). The molecule has 1 aliphatic heterocycles. The number of ether oxygens (including phenoxy) is 1. The van der Waals surface area contributed by atoms with Crippen LogP contribution in [-0.4, -0.2) is 37.0 Å². The minimum Gasteiger partial charge on any atom is -0.496 e. The molecule has 0 aliphatic carbocycles. The molecule has 21 heavy (non-hydrogen) atoms. The van der Waals surface area contributed by atoms with Gasteiger partial charge >= 0.3 is 0 Å². The van der Waals surface area contributed by atoms with Gasteiger partial charge < -0.3 is 21.1 Å². The van der Waals surface area contributed by atoms with Crippen molar-refractivity contribution < 1.29 is 9.53 Å². The molecule has 0 aromatic heterocycles. The van der Waals surface area contributed by atoms with Gasteiger partial charge in [-0.25, -0.2) is 0 Å². The molecule has 5 nitrogen and oxygen atoms in total. The number of hydrogen-bond donors (Lipinski definition) is 2. The second-order valence-corrected chi connectivity index (χ2v) is 6.59. The Morgan fingerprint density at radius 1 is 1.48 bits per heavy atom. The van der Waals surface area contributed by atoms with E-state index in [4.69, 9.17) is 27.8 Å². The Balaban J connectivity index is 2.30. The fourth-order valence-electron chi connectivity index (χ4n) is 2.62. The van der Waals surface area contributed by atoms with E-state index < -0.39 is 0 Å². The van der Waals surface area contributed by atoms with Gasteiger partial charge in [0, 0.05) is 25.2 Å². The SMILES string of the molecule is COc1cc(N)c(Cl)cc1C(=O)N1CCC(N)C(C)(C)C1. The number of nitrogens with zero attached hydrogens (tertiary/aromatic N) is 1. The zero-order valence-corrected chi connectivity index (χ0v) is 13.4. The van der Waals surface area contributed by atoms with Crippen LogP contribution >= 0.6 is 11.6 Å². The van der Waals surface area contributed by atoms with Crippen molar-refractivity contribution in [3.8, 4) is 5.75 Å². The Morgan fingerprint density at radius 2 is 2.14 bits per heavy atom. The first-order valence-electron chi connectivity index (χ1n) is 6.94. The summed E-state index contributed by atoms with van der Waals surface area (Å²) in [6, 6.07) is 3.24. The molecule has 0 saturated carbocycles. The number of benzene rings is 1. The lowest BCUT2D eigenvalue weighted by Crippen LogP contribution is -2.54. The number of anilines is 1. The number of rotatable bonds is 2. The van der Waals surface area contributed by atoms with Crippen molar-refractivity contribution in [2.45, 2.75) is 26.3 Å². The fourth-order valence-corrected chi connectivity index (χ4v) is 2.79. The molecule has 1 aromatic rings. The maximum Gasteiger partial charge on any atom is 0.257 e.